The van der Waals surface area contributed by atoms with Crippen molar-refractivity contribution in [2.45, 2.75) is 0 Å². The average Bonchev–Trinajstić information content (AvgIpc) is 2.41. The maximum Gasteiger partial charge on any atom is 0.193 e. The first-order chi connectivity index (χ1) is 8.63. The van der Waals surface area contributed by atoms with E-state index in [1.807, 2.05) is 0 Å². The fourth-order valence-electron chi connectivity index (χ4n) is 1.60. The molecular formula is C14H8F2OS. The van der Waals surface area contributed by atoms with Gasteiger partial charge in [0.1, 0.15) is 0 Å². The van der Waals surface area contributed by atoms with Gasteiger partial charge in [-0.25, -0.2) is 8.78 Å². The Kier molecular flexibility index (Phi) is 3.58. The van der Waals surface area contributed by atoms with Crippen LogP contribution in [0.2, 0.25) is 0 Å². The number of hydrogen-bond acceptors (Lipinski definition) is 2. The lowest BCUT2D eigenvalue weighted by Crippen LogP contribution is -2.05. The van der Waals surface area contributed by atoms with Crippen LogP contribution in [0.25, 0.3) is 0 Å². The van der Waals surface area contributed by atoms with Gasteiger partial charge in [-0.2, -0.15) is 0 Å². The maximum absolute atomic E-state index is 13.1. The van der Waals surface area contributed by atoms with E-state index in [0.29, 0.717) is 11.1 Å². The molecular weight excluding hydrogens is 254 g/mol. The summed E-state index contributed by atoms with van der Waals surface area (Å²) in [6.07, 6.45) is 0. The summed E-state index contributed by atoms with van der Waals surface area (Å²) < 4.78 is 25.9. The Bertz CT molecular complexity index is 623. The molecule has 2 aromatic carbocycles. The van der Waals surface area contributed by atoms with Crippen LogP contribution in [0.1, 0.15) is 21.5 Å². The van der Waals surface area contributed by atoms with Gasteiger partial charge in [-0.05, 0) is 23.8 Å². The third kappa shape index (κ3) is 2.33. The second kappa shape index (κ2) is 5.14. The summed E-state index contributed by atoms with van der Waals surface area (Å²) in [4.78, 5) is 12.1. The summed E-state index contributed by atoms with van der Waals surface area (Å²) in [7, 11) is 0. The molecule has 0 aliphatic rings. The summed E-state index contributed by atoms with van der Waals surface area (Å²) in [6.45, 7) is 0. The van der Waals surface area contributed by atoms with E-state index in [0.717, 1.165) is 12.1 Å². The van der Waals surface area contributed by atoms with Crippen LogP contribution in [0.4, 0.5) is 8.78 Å². The number of thiocarbonyl (C=S) groups is 1. The molecule has 18 heavy (non-hydrogen) atoms. The van der Waals surface area contributed by atoms with Crippen LogP contribution in [0.5, 0.6) is 0 Å². The van der Waals surface area contributed by atoms with Gasteiger partial charge in [-0.1, -0.05) is 36.5 Å². The van der Waals surface area contributed by atoms with Crippen LogP contribution >= 0.6 is 12.2 Å². The van der Waals surface area contributed by atoms with Crippen molar-refractivity contribution in [1.82, 2.24) is 0 Å². The number of halogens is 2. The summed E-state index contributed by atoms with van der Waals surface area (Å²) >= 11 is 4.81. The van der Waals surface area contributed by atoms with Crippen LogP contribution in [0.3, 0.4) is 0 Å². The van der Waals surface area contributed by atoms with Gasteiger partial charge in [0.2, 0.25) is 0 Å². The molecule has 0 aliphatic carbocycles. The molecule has 0 aromatic heterocycles. The van der Waals surface area contributed by atoms with Crippen molar-refractivity contribution in [3.05, 3.63) is 70.8 Å². The number of ketones is 1. The Hall–Kier alpha value is -1.94. The van der Waals surface area contributed by atoms with Crippen LogP contribution in [-0.2, 0) is 0 Å². The van der Waals surface area contributed by atoms with Gasteiger partial charge in [0.15, 0.2) is 17.4 Å². The van der Waals surface area contributed by atoms with E-state index in [1.54, 1.807) is 24.3 Å². The van der Waals surface area contributed by atoms with Crippen molar-refractivity contribution in [2.75, 3.05) is 0 Å². The lowest BCUT2D eigenvalue weighted by molar-refractivity contribution is 0.103. The molecule has 2 rings (SSSR count). The molecule has 4 heteroatoms. The molecule has 0 saturated carbocycles. The normalized spacial score (nSPS) is 10.1. The molecule has 0 saturated heterocycles. The van der Waals surface area contributed by atoms with Gasteiger partial charge < -0.3 is 0 Å². The molecule has 1 nitrogen and oxygen atoms in total. The van der Waals surface area contributed by atoms with Crippen molar-refractivity contribution in [3.8, 4) is 0 Å². The Labute approximate surface area is 108 Å². The number of benzene rings is 2. The molecule has 0 unspecified atom stereocenters. The number of rotatable bonds is 3. The zero-order valence-corrected chi connectivity index (χ0v) is 10.0. The second-order valence-electron chi connectivity index (χ2n) is 3.66. The zero-order chi connectivity index (χ0) is 13.1. The predicted molar refractivity (Wildman–Crippen MR) is 69.0 cm³/mol. The molecule has 0 amide bonds. The average molecular weight is 262 g/mol. The molecule has 0 heterocycles. The Morgan fingerprint density at radius 1 is 1.06 bits per heavy atom. The van der Waals surface area contributed by atoms with E-state index in [1.165, 1.54) is 11.4 Å². The lowest BCUT2D eigenvalue weighted by atomic mass is 9.99. The predicted octanol–water partition coefficient (Wildman–Crippen LogP) is 3.54. The van der Waals surface area contributed by atoms with E-state index in [4.69, 9.17) is 12.2 Å². The molecule has 0 N–H and O–H groups in total. The highest BCUT2D eigenvalue weighted by atomic mass is 32.1. The molecule has 0 bridgehead atoms. The van der Waals surface area contributed by atoms with Crippen molar-refractivity contribution in [1.29, 1.82) is 0 Å². The van der Waals surface area contributed by atoms with Crippen molar-refractivity contribution >= 4 is 23.4 Å². The van der Waals surface area contributed by atoms with E-state index in [-0.39, 0.29) is 11.3 Å². The Morgan fingerprint density at radius 3 is 2.44 bits per heavy atom. The second-order valence-corrected chi connectivity index (χ2v) is 3.90. The fourth-order valence-corrected chi connectivity index (χ4v) is 1.80. The van der Waals surface area contributed by atoms with E-state index >= 15 is 0 Å². The molecule has 2 aromatic rings. The SMILES string of the molecule is O=C(c1ccc(F)c(F)c1)c1ccccc1C=S. The van der Waals surface area contributed by atoms with Gasteiger partial charge in [0, 0.05) is 16.5 Å². The van der Waals surface area contributed by atoms with Crippen LogP contribution < -0.4 is 0 Å². The van der Waals surface area contributed by atoms with Crippen LogP contribution in [0, 0.1) is 11.6 Å². The van der Waals surface area contributed by atoms with Gasteiger partial charge in [-0.3, -0.25) is 4.79 Å². The maximum atomic E-state index is 13.1. The smallest absolute Gasteiger partial charge is 0.193 e. The van der Waals surface area contributed by atoms with Crippen molar-refractivity contribution in [3.63, 3.8) is 0 Å². The molecule has 0 spiro atoms. The van der Waals surface area contributed by atoms with Crippen LogP contribution in [-0.4, -0.2) is 11.2 Å². The fraction of sp³-hybridized carbons (Fsp3) is 0. The highest BCUT2D eigenvalue weighted by molar-refractivity contribution is 7.79. The summed E-state index contributed by atoms with van der Waals surface area (Å²) in [5.74, 6) is -2.40. The summed E-state index contributed by atoms with van der Waals surface area (Å²) in [6, 6.07) is 9.80. The minimum absolute atomic E-state index is 0.0956. The quantitative estimate of drug-likeness (QED) is 0.621. The molecule has 0 atom stereocenters. The van der Waals surface area contributed by atoms with Gasteiger partial charge in [-0.15, -0.1) is 0 Å². The summed E-state index contributed by atoms with van der Waals surface area (Å²) in [5, 5.41) is 1.38. The number of hydrogen-bond donors (Lipinski definition) is 0. The van der Waals surface area contributed by atoms with Crippen molar-refractivity contribution < 1.29 is 13.6 Å². The van der Waals surface area contributed by atoms with Gasteiger partial charge in [0.05, 0.1) is 0 Å². The lowest BCUT2D eigenvalue weighted by Gasteiger charge is -2.05. The minimum Gasteiger partial charge on any atom is -0.289 e. The van der Waals surface area contributed by atoms with Gasteiger partial charge >= 0.3 is 0 Å². The third-order valence-corrected chi connectivity index (χ3v) is 2.77. The highest BCUT2D eigenvalue weighted by Gasteiger charge is 2.14. The van der Waals surface area contributed by atoms with Gasteiger partial charge in [0.25, 0.3) is 0 Å². The first kappa shape index (κ1) is 12.5. The van der Waals surface area contributed by atoms with E-state index in [2.05, 4.69) is 0 Å². The highest BCUT2D eigenvalue weighted by Crippen LogP contribution is 2.16. The Morgan fingerprint density at radius 2 is 1.78 bits per heavy atom. The van der Waals surface area contributed by atoms with E-state index in [9.17, 15) is 13.6 Å². The number of carbonyl (C=O) groups is 1. The monoisotopic (exact) mass is 262 g/mol. The minimum atomic E-state index is -1.04. The third-order valence-electron chi connectivity index (χ3n) is 2.51. The number of carbonyl (C=O) groups excluding carboxylic acids is 1. The topological polar surface area (TPSA) is 17.1 Å². The largest absolute Gasteiger partial charge is 0.289 e. The van der Waals surface area contributed by atoms with Crippen LogP contribution in [0.15, 0.2) is 42.5 Å². The molecule has 0 aliphatic heterocycles. The first-order valence-electron chi connectivity index (χ1n) is 5.17. The first-order valence-corrected chi connectivity index (χ1v) is 5.64. The standard InChI is InChI=1S/C14H8F2OS/c15-12-6-5-9(7-13(12)16)14(17)11-4-2-1-3-10(11)8-18/h1-8H. The Balaban J connectivity index is 2.48. The molecule has 0 radical (unpaired) electrons. The molecule has 90 valence electrons. The summed E-state index contributed by atoms with van der Waals surface area (Å²) in [5.41, 5.74) is 1.05. The molecule has 0 fully saturated rings. The zero-order valence-electron chi connectivity index (χ0n) is 9.19. The van der Waals surface area contributed by atoms with E-state index < -0.39 is 11.6 Å². The van der Waals surface area contributed by atoms with Crippen molar-refractivity contribution in [2.24, 2.45) is 0 Å².